The molecule has 0 saturated carbocycles. The van der Waals surface area contributed by atoms with Gasteiger partial charge in [0.1, 0.15) is 5.82 Å². The normalized spacial score (nSPS) is 10.9. The number of pyridine rings is 1. The molecule has 0 atom stereocenters. The average molecular weight is 287 g/mol. The minimum absolute atomic E-state index is 0.0543. The molecule has 1 N–H and O–H groups in total. The number of rotatable bonds is 2. The van der Waals surface area contributed by atoms with Crippen LogP contribution in [0.5, 0.6) is 0 Å². The number of aromatic nitrogens is 2. The number of halogens is 1. The van der Waals surface area contributed by atoms with Crippen molar-refractivity contribution < 1.29 is 9.90 Å². The third-order valence-corrected chi connectivity index (χ3v) is 3.41. The SMILES string of the molecule is Cc1cccc2c(C(=O)O)nc(-c3ccc(Cl)cc3)n12. The van der Waals surface area contributed by atoms with Crippen LogP contribution < -0.4 is 0 Å². The summed E-state index contributed by atoms with van der Waals surface area (Å²) >= 11 is 5.88. The Hall–Kier alpha value is -2.33. The topological polar surface area (TPSA) is 54.6 Å². The van der Waals surface area contributed by atoms with Crippen LogP contribution in [0.15, 0.2) is 42.5 Å². The molecule has 0 bridgehead atoms. The maximum Gasteiger partial charge on any atom is 0.356 e. The van der Waals surface area contributed by atoms with Gasteiger partial charge in [0.2, 0.25) is 0 Å². The Kier molecular flexibility index (Phi) is 2.95. The molecule has 4 nitrogen and oxygen atoms in total. The number of aromatic carboxylic acids is 1. The molecule has 0 aliphatic carbocycles. The fourth-order valence-corrected chi connectivity index (χ4v) is 2.37. The molecule has 0 aliphatic rings. The van der Waals surface area contributed by atoms with Crippen LogP contribution in [0.1, 0.15) is 16.2 Å². The number of aryl methyl sites for hydroxylation is 1. The van der Waals surface area contributed by atoms with Crippen molar-refractivity contribution in [2.45, 2.75) is 6.92 Å². The summed E-state index contributed by atoms with van der Waals surface area (Å²) in [6.07, 6.45) is 0. The van der Waals surface area contributed by atoms with E-state index >= 15 is 0 Å². The van der Waals surface area contributed by atoms with Gasteiger partial charge in [-0.2, -0.15) is 0 Å². The average Bonchev–Trinajstić information content (AvgIpc) is 2.81. The van der Waals surface area contributed by atoms with Gasteiger partial charge in [-0.25, -0.2) is 9.78 Å². The Morgan fingerprint density at radius 1 is 1.20 bits per heavy atom. The molecular weight excluding hydrogens is 276 g/mol. The van der Waals surface area contributed by atoms with Gasteiger partial charge in [0, 0.05) is 16.3 Å². The largest absolute Gasteiger partial charge is 0.476 e. The van der Waals surface area contributed by atoms with Crippen molar-refractivity contribution in [1.82, 2.24) is 9.38 Å². The lowest BCUT2D eigenvalue weighted by molar-refractivity contribution is 0.0693. The minimum atomic E-state index is -1.03. The second-order valence-electron chi connectivity index (χ2n) is 4.48. The van der Waals surface area contributed by atoms with Crippen LogP contribution in [0.25, 0.3) is 16.9 Å². The van der Waals surface area contributed by atoms with Crippen molar-refractivity contribution >= 4 is 23.1 Å². The van der Waals surface area contributed by atoms with Crippen LogP contribution in [-0.2, 0) is 0 Å². The van der Waals surface area contributed by atoms with Gasteiger partial charge in [0.25, 0.3) is 0 Å². The van der Waals surface area contributed by atoms with Crippen LogP contribution in [-0.4, -0.2) is 20.5 Å². The van der Waals surface area contributed by atoms with Crippen LogP contribution in [0.2, 0.25) is 5.02 Å². The number of hydrogen-bond donors (Lipinski definition) is 1. The highest BCUT2D eigenvalue weighted by Gasteiger charge is 2.18. The van der Waals surface area contributed by atoms with E-state index in [1.54, 1.807) is 18.2 Å². The molecule has 20 heavy (non-hydrogen) atoms. The van der Waals surface area contributed by atoms with E-state index in [4.69, 9.17) is 11.6 Å². The number of carboxylic acid groups (broad SMARTS) is 1. The summed E-state index contributed by atoms with van der Waals surface area (Å²) in [7, 11) is 0. The van der Waals surface area contributed by atoms with Crippen molar-refractivity contribution in [2.24, 2.45) is 0 Å². The predicted molar refractivity (Wildman–Crippen MR) is 77.3 cm³/mol. The van der Waals surface area contributed by atoms with Gasteiger partial charge in [0.05, 0.1) is 5.52 Å². The van der Waals surface area contributed by atoms with Gasteiger partial charge in [-0.1, -0.05) is 17.7 Å². The Labute approximate surface area is 120 Å². The maximum atomic E-state index is 11.3. The molecule has 0 spiro atoms. The summed E-state index contributed by atoms with van der Waals surface area (Å²) in [6, 6.07) is 12.7. The quantitative estimate of drug-likeness (QED) is 0.782. The summed E-state index contributed by atoms with van der Waals surface area (Å²) in [5, 5.41) is 9.91. The Bertz CT molecular complexity index is 807. The van der Waals surface area contributed by atoms with Gasteiger partial charge < -0.3 is 5.11 Å². The van der Waals surface area contributed by atoms with E-state index in [1.807, 2.05) is 35.6 Å². The first-order chi connectivity index (χ1) is 9.58. The van der Waals surface area contributed by atoms with Crippen LogP contribution in [0, 0.1) is 6.92 Å². The molecule has 3 rings (SSSR count). The van der Waals surface area contributed by atoms with Gasteiger partial charge in [-0.05, 0) is 43.3 Å². The highest BCUT2D eigenvalue weighted by Crippen LogP contribution is 2.25. The monoisotopic (exact) mass is 286 g/mol. The number of fused-ring (bicyclic) bond motifs is 1. The fourth-order valence-electron chi connectivity index (χ4n) is 2.25. The second-order valence-corrected chi connectivity index (χ2v) is 4.92. The second kappa shape index (κ2) is 4.65. The Balaban J connectivity index is 2.35. The predicted octanol–water partition coefficient (Wildman–Crippen LogP) is 3.66. The Morgan fingerprint density at radius 3 is 2.55 bits per heavy atom. The van der Waals surface area contributed by atoms with Gasteiger partial charge >= 0.3 is 5.97 Å². The van der Waals surface area contributed by atoms with Crippen molar-refractivity contribution in [1.29, 1.82) is 0 Å². The van der Waals surface area contributed by atoms with E-state index in [1.165, 1.54) is 0 Å². The zero-order valence-corrected chi connectivity index (χ0v) is 11.4. The van der Waals surface area contributed by atoms with Crippen molar-refractivity contribution in [2.75, 3.05) is 0 Å². The number of hydrogen-bond acceptors (Lipinski definition) is 2. The molecular formula is C15H11ClN2O2. The van der Waals surface area contributed by atoms with Crippen LogP contribution in [0.4, 0.5) is 0 Å². The first-order valence-electron chi connectivity index (χ1n) is 6.05. The van der Waals surface area contributed by atoms with Crippen LogP contribution in [0.3, 0.4) is 0 Å². The molecule has 0 unspecified atom stereocenters. The fraction of sp³-hybridized carbons (Fsp3) is 0.0667. The van der Waals surface area contributed by atoms with E-state index in [-0.39, 0.29) is 5.69 Å². The molecule has 0 amide bonds. The Morgan fingerprint density at radius 2 is 1.90 bits per heavy atom. The minimum Gasteiger partial charge on any atom is -0.476 e. The van der Waals surface area contributed by atoms with Gasteiger partial charge in [0.15, 0.2) is 5.69 Å². The standard InChI is InChI=1S/C15H11ClN2O2/c1-9-3-2-4-12-13(15(19)20)17-14(18(9)12)10-5-7-11(16)8-6-10/h2-8H,1H3,(H,19,20). The molecule has 3 aromatic rings. The van der Waals surface area contributed by atoms with E-state index in [0.29, 0.717) is 16.4 Å². The smallest absolute Gasteiger partial charge is 0.356 e. The molecule has 0 fully saturated rings. The van der Waals surface area contributed by atoms with E-state index in [2.05, 4.69) is 4.98 Å². The van der Waals surface area contributed by atoms with Crippen LogP contribution >= 0.6 is 11.6 Å². The summed E-state index contributed by atoms with van der Waals surface area (Å²) < 4.78 is 1.84. The molecule has 0 saturated heterocycles. The lowest BCUT2D eigenvalue weighted by atomic mass is 10.2. The molecule has 2 heterocycles. The zero-order valence-electron chi connectivity index (χ0n) is 10.7. The summed E-state index contributed by atoms with van der Waals surface area (Å²) in [5.41, 5.74) is 2.39. The number of carbonyl (C=O) groups is 1. The number of imidazole rings is 1. The molecule has 0 radical (unpaired) electrons. The first-order valence-corrected chi connectivity index (χ1v) is 6.43. The number of benzene rings is 1. The molecule has 100 valence electrons. The maximum absolute atomic E-state index is 11.3. The summed E-state index contributed by atoms with van der Waals surface area (Å²) in [4.78, 5) is 15.6. The third kappa shape index (κ3) is 1.94. The summed E-state index contributed by atoms with van der Waals surface area (Å²) in [6.45, 7) is 1.92. The number of nitrogens with zero attached hydrogens (tertiary/aromatic N) is 2. The molecule has 1 aromatic carbocycles. The van der Waals surface area contributed by atoms with E-state index < -0.39 is 5.97 Å². The van der Waals surface area contributed by atoms with E-state index in [9.17, 15) is 9.90 Å². The lowest BCUT2D eigenvalue weighted by Crippen LogP contribution is -1.97. The lowest BCUT2D eigenvalue weighted by Gasteiger charge is -2.05. The molecule has 0 aliphatic heterocycles. The summed E-state index contributed by atoms with van der Waals surface area (Å²) in [5.74, 6) is -0.430. The highest BCUT2D eigenvalue weighted by atomic mass is 35.5. The zero-order chi connectivity index (χ0) is 14.3. The highest BCUT2D eigenvalue weighted by molar-refractivity contribution is 6.30. The van der Waals surface area contributed by atoms with Crippen molar-refractivity contribution in [3.63, 3.8) is 0 Å². The van der Waals surface area contributed by atoms with Gasteiger partial charge in [-0.3, -0.25) is 4.40 Å². The van der Waals surface area contributed by atoms with Gasteiger partial charge in [-0.15, -0.1) is 0 Å². The van der Waals surface area contributed by atoms with Crippen molar-refractivity contribution in [3.05, 3.63) is 58.9 Å². The molecule has 2 aromatic heterocycles. The third-order valence-electron chi connectivity index (χ3n) is 3.16. The van der Waals surface area contributed by atoms with Crippen molar-refractivity contribution in [3.8, 4) is 11.4 Å². The number of carboxylic acids is 1. The first kappa shape index (κ1) is 12.7. The van der Waals surface area contributed by atoms with E-state index in [0.717, 1.165) is 11.3 Å². The molecule has 5 heteroatoms.